The van der Waals surface area contributed by atoms with E-state index in [0.717, 1.165) is 19.4 Å². The largest absolute Gasteiger partial charge is 0.373 e. The molecule has 3 rings (SSSR count). The molecule has 96 valence electrons. The number of ether oxygens (including phenoxy) is 1. The minimum atomic E-state index is 0.200. The van der Waals surface area contributed by atoms with Gasteiger partial charge in [-0.15, -0.1) is 0 Å². The van der Waals surface area contributed by atoms with Crippen molar-refractivity contribution in [3.05, 3.63) is 77.9 Å². The Kier molecular flexibility index (Phi) is 3.75. The molecule has 1 aliphatic rings. The van der Waals surface area contributed by atoms with Gasteiger partial charge in [-0.1, -0.05) is 66.7 Å². The normalized spacial score (nSPS) is 18.9. The van der Waals surface area contributed by atoms with Crippen molar-refractivity contribution >= 4 is 5.57 Å². The molecule has 0 bridgehead atoms. The third-order valence-electron chi connectivity index (χ3n) is 3.51. The molecular formula is C18H18O. The first kappa shape index (κ1) is 12.2. The van der Waals surface area contributed by atoms with Crippen molar-refractivity contribution in [1.82, 2.24) is 0 Å². The fraction of sp³-hybridized carbons (Fsp3) is 0.222. The number of rotatable bonds is 3. The van der Waals surface area contributed by atoms with Crippen molar-refractivity contribution in [2.75, 3.05) is 6.61 Å². The van der Waals surface area contributed by atoms with Crippen molar-refractivity contribution in [2.24, 2.45) is 0 Å². The van der Waals surface area contributed by atoms with Gasteiger partial charge in [0.25, 0.3) is 0 Å². The van der Waals surface area contributed by atoms with Gasteiger partial charge >= 0.3 is 0 Å². The van der Waals surface area contributed by atoms with Crippen LogP contribution in [0.3, 0.4) is 0 Å². The van der Waals surface area contributed by atoms with Crippen molar-refractivity contribution in [3.8, 4) is 0 Å². The van der Waals surface area contributed by atoms with Gasteiger partial charge in [0.15, 0.2) is 0 Å². The van der Waals surface area contributed by atoms with Crippen LogP contribution in [0, 0.1) is 0 Å². The van der Waals surface area contributed by atoms with E-state index in [1.807, 2.05) is 0 Å². The summed E-state index contributed by atoms with van der Waals surface area (Å²) >= 11 is 0. The van der Waals surface area contributed by atoms with Crippen LogP contribution in [-0.4, -0.2) is 12.7 Å². The molecule has 0 N–H and O–H groups in total. The number of benzene rings is 2. The quantitative estimate of drug-likeness (QED) is 0.797. The summed E-state index contributed by atoms with van der Waals surface area (Å²) in [4.78, 5) is 0. The molecule has 0 saturated carbocycles. The van der Waals surface area contributed by atoms with Crippen molar-refractivity contribution in [2.45, 2.75) is 18.9 Å². The molecule has 0 radical (unpaired) electrons. The summed E-state index contributed by atoms with van der Waals surface area (Å²) in [5.74, 6) is 0. The Morgan fingerprint density at radius 3 is 2.32 bits per heavy atom. The van der Waals surface area contributed by atoms with E-state index in [9.17, 15) is 0 Å². The van der Waals surface area contributed by atoms with Crippen LogP contribution in [0.25, 0.3) is 5.57 Å². The molecule has 0 saturated heterocycles. The van der Waals surface area contributed by atoms with Crippen LogP contribution in [-0.2, 0) is 11.2 Å². The second-order valence-electron chi connectivity index (χ2n) is 4.91. The van der Waals surface area contributed by atoms with Gasteiger partial charge < -0.3 is 4.74 Å². The summed E-state index contributed by atoms with van der Waals surface area (Å²) in [5, 5.41) is 0. The minimum Gasteiger partial charge on any atom is -0.373 e. The lowest BCUT2D eigenvalue weighted by molar-refractivity contribution is 0.0830. The molecule has 0 aromatic heterocycles. The summed E-state index contributed by atoms with van der Waals surface area (Å²) in [6, 6.07) is 21.1. The Morgan fingerprint density at radius 1 is 0.895 bits per heavy atom. The molecule has 0 spiro atoms. The molecule has 1 heteroatoms. The van der Waals surface area contributed by atoms with Gasteiger partial charge in [0, 0.05) is 6.42 Å². The van der Waals surface area contributed by atoms with E-state index in [1.165, 1.54) is 16.7 Å². The Labute approximate surface area is 114 Å². The molecule has 0 amide bonds. The zero-order chi connectivity index (χ0) is 12.9. The van der Waals surface area contributed by atoms with Gasteiger partial charge in [-0.2, -0.15) is 0 Å². The van der Waals surface area contributed by atoms with E-state index in [4.69, 9.17) is 4.74 Å². The maximum Gasteiger partial charge on any atom is 0.0802 e. The smallest absolute Gasteiger partial charge is 0.0802 e. The van der Waals surface area contributed by atoms with Crippen LogP contribution in [0.4, 0.5) is 0 Å². The zero-order valence-corrected chi connectivity index (χ0v) is 11.0. The third-order valence-corrected chi connectivity index (χ3v) is 3.51. The fourth-order valence-electron chi connectivity index (χ4n) is 2.53. The predicted molar refractivity (Wildman–Crippen MR) is 78.9 cm³/mol. The van der Waals surface area contributed by atoms with Gasteiger partial charge in [-0.25, -0.2) is 0 Å². The van der Waals surface area contributed by atoms with Crippen LogP contribution >= 0.6 is 0 Å². The summed E-state index contributed by atoms with van der Waals surface area (Å²) in [6.45, 7) is 0.818. The SMILES string of the molecule is C1=C(c2ccccc2)CCOC1Cc1ccccc1. The highest BCUT2D eigenvalue weighted by atomic mass is 16.5. The van der Waals surface area contributed by atoms with E-state index < -0.39 is 0 Å². The van der Waals surface area contributed by atoms with Crippen LogP contribution in [0.5, 0.6) is 0 Å². The van der Waals surface area contributed by atoms with Crippen LogP contribution in [0.15, 0.2) is 66.7 Å². The van der Waals surface area contributed by atoms with Gasteiger partial charge in [-0.05, 0) is 23.1 Å². The first-order valence-electron chi connectivity index (χ1n) is 6.83. The van der Waals surface area contributed by atoms with Crippen molar-refractivity contribution in [3.63, 3.8) is 0 Å². The summed E-state index contributed by atoms with van der Waals surface area (Å²) in [5.41, 5.74) is 4.06. The molecule has 19 heavy (non-hydrogen) atoms. The van der Waals surface area contributed by atoms with Crippen LogP contribution < -0.4 is 0 Å². The first-order valence-corrected chi connectivity index (χ1v) is 6.83. The molecule has 1 heterocycles. The molecule has 0 fully saturated rings. The second-order valence-corrected chi connectivity index (χ2v) is 4.91. The Bertz CT molecular complexity index is 542. The molecule has 2 aromatic rings. The van der Waals surface area contributed by atoms with Crippen molar-refractivity contribution < 1.29 is 4.74 Å². The van der Waals surface area contributed by atoms with E-state index in [0.29, 0.717) is 0 Å². The molecular weight excluding hydrogens is 232 g/mol. The monoisotopic (exact) mass is 250 g/mol. The van der Waals surface area contributed by atoms with Gasteiger partial charge in [0.05, 0.1) is 12.7 Å². The van der Waals surface area contributed by atoms with Gasteiger partial charge in [0.2, 0.25) is 0 Å². The molecule has 1 atom stereocenters. The summed E-state index contributed by atoms with van der Waals surface area (Å²) < 4.78 is 5.86. The maximum atomic E-state index is 5.86. The highest BCUT2D eigenvalue weighted by Gasteiger charge is 2.15. The minimum absolute atomic E-state index is 0.200. The van der Waals surface area contributed by atoms with E-state index in [1.54, 1.807) is 0 Å². The van der Waals surface area contributed by atoms with E-state index >= 15 is 0 Å². The zero-order valence-electron chi connectivity index (χ0n) is 11.0. The molecule has 0 aliphatic carbocycles. The lowest BCUT2D eigenvalue weighted by Gasteiger charge is -2.22. The van der Waals surface area contributed by atoms with Crippen LogP contribution in [0.1, 0.15) is 17.5 Å². The average molecular weight is 250 g/mol. The van der Waals surface area contributed by atoms with Crippen LogP contribution in [0.2, 0.25) is 0 Å². The van der Waals surface area contributed by atoms with E-state index in [-0.39, 0.29) is 6.10 Å². The average Bonchev–Trinajstić information content (AvgIpc) is 2.49. The van der Waals surface area contributed by atoms with Gasteiger partial charge in [-0.3, -0.25) is 0 Å². The Hall–Kier alpha value is -1.86. The maximum absolute atomic E-state index is 5.86. The lowest BCUT2D eigenvalue weighted by atomic mass is 9.97. The lowest BCUT2D eigenvalue weighted by Crippen LogP contribution is -2.19. The van der Waals surface area contributed by atoms with E-state index in [2.05, 4.69) is 66.7 Å². The number of hydrogen-bond acceptors (Lipinski definition) is 1. The Morgan fingerprint density at radius 2 is 1.58 bits per heavy atom. The Balaban J connectivity index is 1.77. The topological polar surface area (TPSA) is 9.23 Å². The molecule has 1 nitrogen and oxygen atoms in total. The standard InChI is InChI=1S/C18H18O/c1-3-7-15(8-4-1)13-18-14-17(11-12-19-18)16-9-5-2-6-10-16/h1-10,14,18H,11-13H2. The molecule has 1 aliphatic heterocycles. The first-order chi connectivity index (χ1) is 9.42. The third kappa shape index (κ3) is 3.12. The number of hydrogen-bond donors (Lipinski definition) is 0. The van der Waals surface area contributed by atoms with Crippen molar-refractivity contribution in [1.29, 1.82) is 0 Å². The highest BCUT2D eigenvalue weighted by molar-refractivity contribution is 5.66. The fourth-order valence-corrected chi connectivity index (χ4v) is 2.53. The highest BCUT2D eigenvalue weighted by Crippen LogP contribution is 2.24. The summed E-state index contributed by atoms with van der Waals surface area (Å²) in [6.07, 6.45) is 4.45. The second kappa shape index (κ2) is 5.85. The molecule has 2 aromatic carbocycles. The molecule has 1 unspecified atom stereocenters. The van der Waals surface area contributed by atoms with Gasteiger partial charge in [0.1, 0.15) is 0 Å². The predicted octanol–water partition coefficient (Wildman–Crippen LogP) is 4.10. The summed E-state index contributed by atoms with van der Waals surface area (Å²) in [7, 11) is 0.